The lowest BCUT2D eigenvalue weighted by molar-refractivity contribution is -0.125. The maximum atomic E-state index is 13.0. The van der Waals surface area contributed by atoms with E-state index >= 15 is 0 Å². The number of hydrogen-bond donors (Lipinski definition) is 1. The van der Waals surface area contributed by atoms with E-state index in [9.17, 15) is 9.18 Å². The minimum absolute atomic E-state index is 0.00472. The van der Waals surface area contributed by atoms with Crippen molar-refractivity contribution in [2.45, 2.75) is 40.2 Å². The lowest BCUT2D eigenvalue weighted by Crippen LogP contribution is -2.31. The summed E-state index contributed by atoms with van der Waals surface area (Å²) in [4.78, 5) is 12.0. The molecule has 0 saturated carbocycles. The monoisotopic (exact) mass is 303 g/mol. The second-order valence-electron chi connectivity index (χ2n) is 5.61. The van der Waals surface area contributed by atoms with Crippen LogP contribution in [0, 0.1) is 18.7 Å². The molecule has 0 aliphatic rings. The summed E-state index contributed by atoms with van der Waals surface area (Å²) in [5, 5.41) is 7.36. The highest BCUT2D eigenvalue weighted by Gasteiger charge is 2.18. The third-order valence-corrected chi connectivity index (χ3v) is 4.00. The summed E-state index contributed by atoms with van der Waals surface area (Å²) in [6, 6.07) is 6.06. The Morgan fingerprint density at radius 3 is 2.55 bits per heavy atom. The first-order chi connectivity index (χ1) is 10.4. The zero-order chi connectivity index (χ0) is 16.3. The second-order valence-corrected chi connectivity index (χ2v) is 5.61. The highest BCUT2D eigenvalue weighted by atomic mass is 19.1. The van der Waals surface area contributed by atoms with E-state index in [1.54, 1.807) is 23.0 Å². The van der Waals surface area contributed by atoms with Gasteiger partial charge < -0.3 is 5.32 Å². The quantitative estimate of drug-likeness (QED) is 0.918. The third-order valence-electron chi connectivity index (χ3n) is 4.00. The summed E-state index contributed by atoms with van der Waals surface area (Å²) >= 11 is 0. The predicted octanol–water partition coefficient (Wildman–Crippen LogP) is 3.54. The average Bonchev–Trinajstić information content (AvgIpc) is 2.89. The molecule has 0 fully saturated rings. The number of carbonyl (C=O) groups excluding carboxylic acids is 1. The molecule has 0 bridgehead atoms. The van der Waals surface area contributed by atoms with Crippen LogP contribution < -0.4 is 5.32 Å². The summed E-state index contributed by atoms with van der Waals surface area (Å²) in [6.07, 6.45) is 2.56. The minimum Gasteiger partial charge on any atom is -0.349 e. The van der Waals surface area contributed by atoms with Crippen LogP contribution in [-0.2, 0) is 4.79 Å². The van der Waals surface area contributed by atoms with Crippen molar-refractivity contribution in [1.29, 1.82) is 0 Å². The summed E-state index contributed by atoms with van der Waals surface area (Å²) < 4.78 is 14.8. The van der Waals surface area contributed by atoms with Gasteiger partial charge in [-0.15, -0.1) is 0 Å². The first-order valence-electron chi connectivity index (χ1n) is 7.54. The molecule has 5 heteroatoms. The molecule has 2 rings (SSSR count). The van der Waals surface area contributed by atoms with E-state index in [0.29, 0.717) is 0 Å². The van der Waals surface area contributed by atoms with Crippen molar-refractivity contribution in [3.8, 4) is 5.69 Å². The number of halogens is 1. The van der Waals surface area contributed by atoms with Gasteiger partial charge >= 0.3 is 0 Å². The highest BCUT2D eigenvalue weighted by molar-refractivity contribution is 5.78. The Hall–Kier alpha value is -2.17. The maximum Gasteiger partial charge on any atom is 0.223 e. The van der Waals surface area contributed by atoms with Crippen LogP contribution in [0.5, 0.6) is 0 Å². The van der Waals surface area contributed by atoms with Crippen molar-refractivity contribution in [3.63, 3.8) is 0 Å². The molecule has 1 aromatic heterocycles. The van der Waals surface area contributed by atoms with Crippen molar-refractivity contribution in [3.05, 3.63) is 47.5 Å². The smallest absolute Gasteiger partial charge is 0.223 e. The zero-order valence-electron chi connectivity index (χ0n) is 13.4. The van der Waals surface area contributed by atoms with Gasteiger partial charge in [-0.1, -0.05) is 13.8 Å². The fourth-order valence-electron chi connectivity index (χ4n) is 2.31. The van der Waals surface area contributed by atoms with E-state index in [4.69, 9.17) is 0 Å². The molecule has 4 nitrogen and oxygen atoms in total. The third kappa shape index (κ3) is 3.35. The molecule has 1 aromatic carbocycles. The molecule has 0 saturated heterocycles. The fraction of sp³-hybridized carbons (Fsp3) is 0.412. The SMILES string of the molecule is CC[C@@H](C)C(=O)N[C@H](C)c1cnn(-c2ccc(F)cc2)c1C. The Morgan fingerprint density at radius 2 is 1.95 bits per heavy atom. The largest absolute Gasteiger partial charge is 0.349 e. The standard InChI is InChI=1S/C17H22FN3O/c1-5-11(2)17(22)20-12(3)16-10-19-21(13(16)4)15-8-6-14(18)7-9-15/h6-12H,5H2,1-4H3,(H,20,22)/t11-,12-/m1/s1. The van der Waals surface area contributed by atoms with Crippen molar-refractivity contribution in [2.24, 2.45) is 5.92 Å². The molecule has 1 heterocycles. The Balaban J connectivity index is 2.20. The van der Waals surface area contributed by atoms with Crippen molar-refractivity contribution in [1.82, 2.24) is 15.1 Å². The van der Waals surface area contributed by atoms with Gasteiger partial charge in [-0.2, -0.15) is 5.10 Å². The molecular weight excluding hydrogens is 281 g/mol. The van der Waals surface area contributed by atoms with Crippen LogP contribution in [0.2, 0.25) is 0 Å². The van der Waals surface area contributed by atoms with Gasteiger partial charge in [-0.05, 0) is 44.5 Å². The average molecular weight is 303 g/mol. The van der Waals surface area contributed by atoms with Gasteiger partial charge in [-0.3, -0.25) is 4.79 Å². The van der Waals surface area contributed by atoms with E-state index in [-0.39, 0.29) is 23.7 Å². The molecule has 118 valence electrons. The number of hydrogen-bond acceptors (Lipinski definition) is 2. The number of nitrogens with one attached hydrogen (secondary N) is 1. The Kier molecular flexibility index (Phi) is 4.96. The normalized spacial score (nSPS) is 13.7. The number of nitrogens with zero attached hydrogens (tertiary/aromatic N) is 2. The van der Waals surface area contributed by atoms with Crippen LogP contribution in [0.1, 0.15) is 44.5 Å². The summed E-state index contributed by atoms with van der Waals surface area (Å²) in [7, 11) is 0. The topological polar surface area (TPSA) is 46.9 Å². The van der Waals surface area contributed by atoms with Crippen LogP contribution in [0.4, 0.5) is 4.39 Å². The van der Waals surface area contributed by atoms with Gasteiger partial charge in [-0.25, -0.2) is 9.07 Å². The molecule has 0 spiro atoms. The van der Waals surface area contributed by atoms with Crippen LogP contribution in [0.15, 0.2) is 30.5 Å². The zero-order valence-corrected chi connectivity index (χ0v) is 13.4. The van der Waals surface area contributed by atoms with Gasteiger partial charge in [0.15, 0.2) is 0 Å². The van der Waals surface area contributed by atoms with E-state index in [1.165, 1.54) is 12.1 Å². The highest BCUT2D eigenvalue weighted by Crippen LogP contribution is 2.20. The Bertz CT molecular complexity index is 648. The molecule has 2 aromatic rings. The number of carbonyl (C=O) groups is 1. The van der Waals surface area contributed by atoms with E-state index in [1.807, 2.05) is 27.7 Å². The van der Waals surface area contributed by atoms with Crippen molar-refractivity contribution < 1.29 is 9.18 Å². The first kappa shape index (κ1) is 16.2. The molecule has 1 N–H and O–H groups in total. The van der Waals surface area contributed by atoms with E-state index in [0.717, 1.165) is 23.4 Å². The molecule has 0 aliphatic heterocycles. The van der Waals surface area contributed by atoms with Crippen LogP contribution >= 0.6 is 0 Å². The minimum atomic E-state index is -0.275. The fourth-order valence-corrected chi connectivity index (χ4v) is 2.31. The second kappa shape index (κ2) is 6.73. The van der Waals surface area contributed by atoms with E-state index in [2.05, 4.69) is 10.4 Å². The van der Waals surface area contributed by atoms with Crippen LogP contribution in [0.25, 0.3) is 5.69 Å². The summed E-state index contributed by atoms with van der Waals surface area (Å²) in [5.41, 5.74) is 2.69. The van der Waals surface area contributed by atoms with Gasteiger partial charge in [0.1, 0.15) is 5.82 Å². The van der Waals surface area contributed by atoms with Crippen molar-refractivity contribution >= 4 is 5.91 Å². The number of amides is 1. The van der Waals surface area contributed by atoms with Crippen LogP contribution in [0.3, 0.4) is 0 Å². The molecule has 1 amide bonds. The Morgan fingerprint density at radius 1 is 1.32 bits per heavy atom. The lowest BCUT2D eigenvalue weighted by Gasteiger charge is -2.17. The first-order valence-corrected chi connectivity index (χ1v) is 7.54. The van der Waals surface area contributed by atoms with Gasteiger partial charge in [0.2, 0.25) is 5.91 Å². The van der Waals surface area contributed by atoms with E-state index < -0.39 is 0 Å². The predicted molar refractivity (Wildman–Crippen MR) is 84.3 cm³/mol. The lowest BCUT2D eigenvalue weighted by atomic mass is 10.1. The molecule has 0 aliphatic carbocycles. The molecule has 2 atom stereocenters. The summed E-state index contributed by atoms with van der Waals surface area (Å²) in [5.74, 6) is -0.234. The number of rotatable bonds is 5. The van der Waals surface area contributed by atoms with Gasteiger partial charge in [0.25, 0.3) is 0 Å². The molecule has 0 radical (unpaired) electrons. The van der Waals surface area contributed by atoms with Crippen LogP contribution in [-0.4, -0.2) is 15.7 Å². The van der Waals surface area contributed by atoms with Gasteiger partial charge in [0.05, 0.1) is 17.9 Å². The molecular formula is C17H22FN3O. The molecule has 0 unspecified atom stereocenters. The number of aromatic nitrogens is 2. The molecule has 22 heavy (non-hydrogen) atoms. The Labute approximate surface area is 130 Å². The number of benzene rings is 1. The maximum absolute atomic E-state index is 13.0. The van der Waals surface area contributed by atoms with Crippen molar-refractivity contribution in [2.75, 3.05) is 0 Å². The summed E-state index contributed by atoms with van der Waals surface area (Å²) in [6.45, 7) is 7.79. The van der Waals surface area contributed by atoms with Gasteiger partial charge in [0, 0.05) is 17.2 Å².